The smallest absolute Gasteiger partial charge is 0.419 e. The van der Waals surface area contributed by atoms with Crippen molar-refractivity contribution >= 4 is 23.7 Å². The molecule has 0 bridgehead atoms. The van der Waals surface area contributed by atoms with E-state index < -0.39 is 78.8 Å². The third-order valence-corrected chi connectivity index (χ3v) is 3.95. The van der Waals surface area contributed by atoms with Gasteiger partial charge in [0, 0.05) is 6.92 Å². The van der Waals surface area contributed by atoms with Gasteiger partial charge in [0.25, 0.3) is 0 Å². The third kappa shape index (κ3) is 5.67. The van der Waals surface area contributed by atoms with E-state index in [0.717, 1.165) is 13.8 Å². The van der Waals surface area contributed by atoms with Gasteiger partial charge in [-0.1, -0.05) is 0 Å². The highest BCUT2D eigenvalue weighted by Gasteiger charge is 2.60. The van der Waals surface area contributed by atoms with E-state index in [1.807, 2.05) is 0 Å². The van der Waals surface area contributed by atoms with Crippen LogP contribution in [0.4, 0.5) is 0 Å². The van der Waals surface area contributed by atoms with Crippen molar-refractivity contribution in [1.82, 2.24) is 0 Å². The minimum Gasteiger partial charge on any atom is -0.419 e. The number of hydrogen-bond donors (Lipinski definition) is 7. The molecular weight excluding hydrogens is 420 g/mol. The highest BCUT2D eigenvalue weighted by Crippen LogP contribution is 2.35. The Labute approximate surface area is 167 Å². The molecule has 0 radical (unpaired) electrons. The van der Waals surface area contributed by atoms with E-state index in [2.05, 4.69) is 14.5 Å². The summed E-state index contributed by atoms with van der Waals surface area (Å²) in [6, 6.07) is 0. The molecule has 3 unspecified atom stereocenters. The normalized spacial score (nSPS) is 31.8. The molecule has 7 N–H and O–H groups in total. The molecule has 0 aromatic heterocycles. The lowest BCUT2D eigenvalue weighted by Gasteiger charge is -2.46. The minimum atomic E-state index is -3.62. The first kappa shape index (κ1) is 25.8. The van der Waals surface area contributed by atoms with Gasteiger partial charge >= 0.3 is 23.7 Å². The summed E-state index contributed by atoms with van der Waals surface area (Å²) in [6.45, 7) is 0.610. The fourth-order valence-electron chi connectivity index (χ4n) is 2.31. The fraction of sp³-hybridized carbons (Fsp3) is 0.733. The molecule has 30 heavy (non-hydrogen) atoms. The Kier molecular flexibility index (Phi) is 8.35. The van der Waals surface area contributed by atoms with E-state index in [4.69, 9.17) is 9.84 Å². The van der Waals surface area contributed by atoms with Crippen LogP contribution < -0.4 is 0 Å². The van der Waals surface area contributed by atoms with Crippen LogP contribution in [0.1, 0.15) is 20.3 Å². The number of rotatable bonds is 7. The topological polar surface area (TPSA) is 247 Å². The van der Waals surface area contributed by atoms with Crippen LogP contribution in [0.2, 0.25) is 0 Å². The van der Waals surface area contributed by atoms with Gasteiger partial charge in [0.1, 0.15) is 30.5 Å². The zero-order chi connectivity index (χ0) is 23.4. The Morgan fingerprint density at radius 3 is 2.17 bits per heavy atom. The molecule has 1 aliphatic heterocycles. The summed E-state index contributed by atoms with van der Waals surface area (Å²) >= 11 is 0. The van der Waals surface area contributed by atoms with Crippen molar-refractivity contribution in [2.75, 3.05) is 6.61 Å². The number of carbonyl (C=O) groups excluding carboxylic acids is 4. The number of carbonyl (C=O) groups is 4. The van der Waals surface area contributed by atoms with Gasteiger partial charge in [0.15, 0.2) is 0 Å². The number of Topliss-reactive ketones (excluding diaryl/α,β-unsaturated/α-hetero) is 1. The van der Waals surface area contributed by atoms with Gasteiger partial charge in [-0.3, -0.25) is 4.79 Å². The molecular formula is C15H22O15. The number of hydrogen-bond acceptors (Lipinski definition) is 15. The molecule has 7 atom stereocenters. The monoisotopic (exact) mass is 442 g/mol. The van der Waals surface area contributed by atoms with Gasteiger partial charge in [-0.05, 0) is 6.92 Å². The van der Waals surface area contributed by atoms with Crippen molar-refractivity contribution in [3.8, 4) is 0 Å². The van der Waals surface area contributed by atoms with Gasteiger partial charge in [-0.15, -0.1) is 0 Å². The molecule has 1 heterocycles. The van der Waals surface area contributed by atoms with Gasteiger partial charge < -0.3 is 45.2 Å². The quantitative estimate of drug-likeness (QED) is 0.0639. The number of aliphatic hydroxyl groups is 7. The molecule has 0 aromatic rings. The summed E-state index contributed by atoms with van der Waals surface area (Å²) in [5, 5.41) is 68.8. The lowest BCUT2D eigenvalue weighted by Crippen LogP contribution is -2.68. The van der Waals surface area contributed by atoms with Crippen LogP contribution in [0.25, 0.3) is 0 Å². The van der Waals surface area contributed by atoms with Crippen LogP contribution in [-0.2, 0) is 38.4 Å². The van der Waals surface area contributed by atoms with Crippen molar-refractivity contribution in [2.45, 2.75) is 62.4 Å². The van der Waals surface area contributed by atoms with Crippen LogP contribution in [-0.4, -0.2) is 108 Å². The molecule has 1 rings (SSSR count). The van der Waals surface area contributed by atoms with Crippen molar-refractivity contribution in [3.63, 3.8) is 0 Å². The van der Waals surface area contributed by atoms with E-state index in [9.17, 15) is 49.8 Å². The van der Waals surface area contributed by atoms with Crippen LogP contribution in [0.5, 0.6) is 0 Å². The van der Waals surface area contributed by atoms with Crippen molar-refractivity contribution in [2.24, 2.45) is 0 Å². The second kappa shape index (κ2) is 9.71. The van der Waals surface area contributed by atoms with Gasteiger partial charge in [0.2, 0.25) is 11.6 Å². The summed E-state index contributed by atoms with van der Waals surface area (Å²) < 4.78 is 9.19. The Hall–Kier alpha value is -2.24. The molecule has 15 nitrogen and oxygen atoms in total. The fourth-order valence-corrected chi connectivity index (χ4v) is 2.31. The second-order valence-electron chi connectivity index (χ2n) is 6.47. The standard InChI is InChI=1S/C15H22O15/c1-5(17)11(22)28-15(26,13(24)30-29-12(23)6(2)18)4-14(25)10(21)9(20)8(19)7(3-16)27-14/h5,7-10,16-17,19-21,25-26H,3-4H2,1-2H3/t5?,7-,8-,9+,10-,14?,15?/m1/s1. The van der Waals surface area contributed by atoms with E-state index in [0.29, 0.717) is 0 Å². The average molecular weight is 442 g/mol. The second-order valence-corrected chi connectivity index (χ2v) is 6.47. The predicted molar refractivity (Wildman–Crippen MR) is 85.1 cm³/mol. The van der Waals surface area contributed by atoms with E-state index in [1.54, 1.807) is 0 Å². The Balaban J connectivity index is 3.20. The third-order valence-electron chi connectivity index (χ3n) is 3.95. The van der Waals surface area contributed by atoms with Gasteiger partial charge in [-0.25, -0.2) is 24.2 Å². The van der Waals surface area contributed by atoms with Crippen molar-refractivity contribution in [3.05, 3.63) is 0 Å². The molecule has 172 valence electrons. The highest BCUT2D eigenvalue weighted by molar-refractivity contribution is 6.32. The highest BCUT2D eigenvalue weighted by atomic mass is 17.2. The van der Waals surface area contributed by atoms with E-state index in [-0.39, 0.29) is 0 Å². The maximum atomic E-state index is 12.1. The summed E-state index contributed by atoms with van der Waals surface area (Å²) in [4.78, 5) is 53.4. The molecule has 0 saturated carbocycles. The lowest BCUT2D eigenvalue weighted by atomic mass is 9.88. The zero-order valence-corrected chi connectivity index (χ0v) is 15.7. The first-order chi connectivity index (χ1) is 13.7. The summed E-state index contributed by atoms with van der Waals surface area (Å²) in [7, 11) is 0. The van der Waals surface area contributed by atoms with Gasteiger partial charge in [0.05, 0.1) is 13.0 Å². The van der Waals surface area contributed by atoms with Crippen LogP contribution >= 0.6 is 0 Å². The molecule has 0 amide bonds. The van der Waals surface area contributed by atoms with E-state index in [1.165, 1.54) is 0 Å². The first-order valence-electron chi connectivity index (χ1n) is 8.31. The summed E-state index contributed by atoms with van der Waals surface area (Å²) in [5.74, 6) is -13.5. The Morgan fingerprint density at radius 2 is 1.70 bits per heavy atom. The van der Waals surface area contributed by atoms with E-state index >= 15 is 0 Å². The maximum absolute atomic E-state index is 12.1. The molecule has 15 heteroatoms. The largest absolute Gasteiger partial charge is 0.426 e. The first-order valence-corrected chi connectivity index (χ1v) is 8.31. The summed E-state index contributed by atoms with van der Waals surface area (Å²) in [6.07, 6.45) is -11.8. The molecule has 0 aliphatic carbocycles. The maximum Gasteiger partial charge on any atom is 0.426 e. The average Bonchev–Trinajstić information content (AvgIpc) is 2.66. The predicted octanol–water partition coefficient (Wildman–Crippen LogP) is -5.26. The number of ether oxygens (including phenoxy) is 2. The van der Waals surface area contributed by atoms with Gasteiger partial charge in [-0.2, -0.15) is 0 Å². The Bertz CT molecular complexity index is 675. The SMILES string of the molecule is CC(=O)C(=O)OOC(=O)C(O)(CC1(O)O[C@H](CO)[C@@H](O)[C@H](O)[C@H]1O)OC(=O)C(C)O. The molecule has 1 saturated heterocycles. The molecule has 0 spiro atoms. The van der Waals surface area contributed by atoms with Crippen LogP contribution in [0.3, 0.4) is 0 Å². The Morgan fingerprint density at radius 1 is 1.13 bits per heavy atom. The zero-order valence-electron chi connectivity index (χ0n) is 15.7. The summed E-state index contributed by atoms with van der Waals surface area (Å²) in [5.41, 5.74) is 0. The number of aliphatic hydroxyl groups excluding tert-OH is 5. The minimum absolute atomic E-state index is 0.743. The molecule has 0 aromatic carbocycles. The number of esters is 1. The van der Waals surface area contributed by atoms with Crippen molar-refractivity contribution in [1.29, 1.82) is 0 Å². The van der Waals surface area contributed by atoms with Crippen LogP contribution in [0, 0.1) is 0 Å². The number of ketones is 1. The molecule has 1 aliphatic rings. The lowest BCUT2D eigenvalue weighted by molar-refractivity contribution is -0.374. The molecule has 1 fully saturated rings. The van der Waals surface area contributed by atoms with Crippen molar-refractivity contribution < 1.29 is 74.2 Å². The van der Waals surface area contributed by atoms with Crippen LogP contribution in [0.15, 0.2) is 0 Å².